The Hall–Kier alpha value is -3.43. The van der Waals surface area contributed by atoms with E-state index in [2.05, 4.69) is 15.3 Å². The molecule has 2 heterocycles. The van der Waals surface area contributed by atoms with Crippen LogP contribution in [0.4, 0.5) is 5.69 Å². The summed E-state index contributed by atoms with van der Waals surface area (Å²) in [6.07, 6.45) is 4.97. The van der Waals surface area contributed by atoms with E-state index in [1.807, 2.05) is 18.2 Å². The molecule has 0 saturated carbocycles. The van der Waals surface area contributed by atoms with Gasteiger partial charge < -0.3 is 20.5 Å². The molecule has 4 N–H and O–H groups in total. The van der Waals surface area contributed by atoms with Gasteiger partial charge in [0.05, 0.1) is 30.2 Å². The molecule has 0 amide bonds. The summed E-state index contributed by atoms with van der Waals surface area (Å²) in [5.41, 5.74) is 9.64. The number of rotatable bonds is 4. The first kappa shape index (κ1) is 17.0. The highest BCUT2D eigenvalue weighted by molar-refractivity contribution is 6.60. The van der Waals surface area contributed by atoms with E-state index < -0.39 is 7.12 Å². The second-order valence-corrected chi connectivity index (χ2v) is 5.97. The minimum Gasteiger partial charge on any atom is -0.497 e. The minimum atomic E-state index is -1.68. The van der Waals surface area contributed by atoms with Gasteiger partial charge in [0.1, 0.15) is 5.75 Å². The van der Waals surface area contributed by atoms with Crippen molar-refractivity contribution in [2.75, 3.05) is 12.8 Å². The van der Waals surface area contributed by atoms with Crippen LogP contribution in [0.3, 0.4) is 0 Å². The first-order valence-electron chi connectivity index (χ1n) is 8.18. The minimum absolute atomic E-state index is 0.252. The van der Waals surface area contributed by atoms with Crippen LogP contribution in [0.15, 0.2) is 55.0 Å². The first-order chi connectivity index (χ1) is 13.1. The molecule has 27 heavy (non-hydrogen) atoms. The van der Waals surface area contributed by atoms with Crippen molar-refractivity contribution in [3.8, 4) is 22.6 Å². The number of aromatic nitrogens is 4. The van der Waals surface area contributed by atoms with Gasteiger partial charge in [0.2, 0.25) is 0 Å². The van der Waals surface area contributed by atoms with E-state index in [4.69, 9.17) is 10.5 Å². The van der Waals surface area contributed by atoms with Crippen LogP contribution in [0, 0.1) is 0 Å². The number of fused-ring (bicyclic) bond motifs is 1. The number of nitrogens with zero attached hydrogens (tertiary/aromatic N) is 4. The quantitative estimate of drug-likeness (QED) is 0.459. The number of benzene rings is 2. The topological polar surface area (TPSA) is 119 Å². The highest BCUT2D eigenvalue weighted by Gasteiger charge is 2.22. The SMILES string of the molecule is COc1cc(-n2cccn2)c(-c2ccc3c(N)cnnc3c2)cc1B(O)O. The Morgan fingerprint density at radius 2 is 2.04 bits per heavy atom. The fourth-order valence-corrected chi connectivity index (χ4v) is 3.05. The maximum absolute atomic E-state index is 9.75. The molecule has 0 fully saturated rings. The van der Waals surface area contributed by atoms with Crippen molar-refractivity contribution in [3.05, 3.63) is 55.0 Å². The average molecular weight is 361 g/mol. The zero-order chi connectivity index (χ0) is 19.0. The van der Waals surface area contributed by atoms with E-state index in [0.29, 0.717) is 17.0 Å². The van der Waals surface area contributed by atoms with Crippen molar-refractivity contribution in [2.45, 2.75) is 0 Å². The first-order valence-corrected chi connectivity index (χ1v) is 8.18. The maximum atomic E-state index is 9.75. The molecule has 0 spiro atoms. The van der Waals surface area contributed by atoms with Gasteiger partial charge in [-0.25, -0.2) is 4.68 Å². The van der Waals surface area contributed by atoms with E-state index in [-0.39, 0.29) is 5.46 Å². The Balaban J connectivity index is 1.99. The Labute approximate surface area is 155 Å². The van der Waals surface area contributed by atoms with Crippen LogP contribution in [-0.4, -0.2) is 44.3 Å². The molecule has 8 nitrogen and oxygen atoms in total. The van der Waals surface area contributed by atoms with Gasteiger partial charge >= 0.3 is 7.12 Å². The number of nitrogen functional groups attached to an aromatic ring is 1. The largest absolute Gasteiger partial charge is 0.497 e. The molecule has 0 radical (unpaired) electrons. The summed E-state index contributed by atoms with van der Waals surface area (Å²) in [6.45, 7) is 0. The van der Waals surface area contributed by atoms with Crippen LogP contribution in [0.2, 0.25) is 0 Å². The molecular weight excluding hydrogens is 345 g/mol. The average Bonchev–Trinajstić information content (AvgIpc) is 3.21. The second-order valence-electron chi connectivity index (χ2n) is 5.97. The lowest BCUT2D eigenvalue weighted by Crippen LogP contribution is -2.31. The molecule has 9 heteroatoms. The van der Waals surface area contributed by atoms with E-state index in [1.165, 1.54) is 13.3 Å². The Morgan fingerprint density at radius 1 is 1.19 bits per heavy atom. The van der Waals surface area contributed by atoms with Crippen molar-refractivity contribution in [2.24, 2.45) is 0 Å². The van der Waals surface area contributed by atoms with Crippen molar-refractivity contribution >= 4 is 29.2 Å². The fourth-order valence-electron chi connectivity index (χ4n) is 3.05. The standard InChI is InChI=1S/C18H16BN5O3/c1-27-18-9-17(24-6-2-5-22-24)13(8-14(18)19(25)26)11-3-4-12-15(20)10-21-23-16(12)7-11/h2-10,25-26H,1H3,(H2,20,23). The number of nitrogens with two attached hydrogens (primary N) is 1. The Morgan fingerprint density at radius 3 is 2.74 bits per heavy atom. The fraction of sp³-hybridized carbons (Fsp3) is 0.0556. The van der Waals surface area contributed by atoms with Gasteiger partial charge in [-0.15, -0.1) is 0 Å². The third-order valence-corrected chi connectivity index (χ3v) is 4.36. The van der Waals surface area contributed by atoms with Crippen molar-refractivity contribution in [1.82, 2.24) is 20.0 Å². The number of anilines is 1. The van der Waals surface area contributed by atoms with E-state index in [1.54, 1.807) is 35.3 Å². The molecule has 0 atom stereocenters. The normalized spacial score (nSPS) is 10.9. The van der Waals surface area contributed by atoms with Gasteiger partial charge in [0.15, 0.2) is 0 Å². The number of ether oxygens (including phenoxy) is 1. The molecule has 134 valence electrons. The second kappa shape index (κ2) is 6.71. The Kier molecular flexibility index (Phi) is 4.23. The van der Waals surface area contributed by atoms with Crippen molar-refractivity contribution in [3.63, 3.8) is 0 Å². The number of hydrogen-bond acceptors (Lipinski definition) is 7. The van der Waals surface area contributed by atoms with E-state index in [9.17, 15) is 10.0 Å². The van der Waals surface area contributed by atoms with Gasteiger partial charge in [-0.2, -0.15) is 15.3 Å². The number of methoxy groups -OCH3 is 1. The zero-order valence-corrected chi connectivity index (χ0v) is 14.4. The van der Waals surface area contributed by atoms with Crippen LogP contribution in [0.25, 0.3) is 27.7 Å². The van der Waals surface area contributed by atoms with Crippen molar-refractivity contribution in [1.29, 1.82) is 0 Å². The van der Waals surface area contributed by atoms with Crippen LogP contribution >= 0.6 is 0 Å². The van der Waals surface area contributed by atoms with Gasteiger partial charge in [0.25, 0.3) is 0 Å². The molecule has 2 aromatic heterocycles. The van der Waals surface area contributed by atoms with Gasteiger partial charge in [-0.1, -0.05) is 6.07 Å². The molecular formula is C18H16BN5O3. The van der Waals surface area contributed by atoms with Gasteiger partial charge in [-0.3, -0.25) is 0 Å². The van der Waals surface area contributed by atoms with E-state index in [0.717, 1.165) is 22.2 Å². The van der Waals surface area contributed by atoms with Crippen LogP contribution in [0.5, 0.6) is 5.75 Å². The molecule has 0 saturated heterocycles. The lowest BCUT2D eigenvalue weighted by atomic mass is 9.77. The molecule has 0 bridgehead atoms. The molecule has 2 aromatic carbocycles. The summed E-state index contributed by atoms with van der Waals surface area (Å²) in [4.78, 5) is 0. The number of hydrogen-bond donors (Lipinski definition) is 3. The van der Waals surface area contributed by atoms with E-state index >= 15 is 0 Å². The maximum Gasteiger partial charge on any atom is 0.492 e. The van der Waals surface area contributed by atoms with Crippen molar-refractivity contribution < 1.29 is 14.8 Å². The third kappa shape index (κ3) is 2.99. The molecule has 4 aromatic rings. The summed E-state index contributed by atoms with van der Waals surface area (Å²) in [7, 11) is -0.205. The third-order valence-electron chi connectivity index (χ3n) is 4.36. The highest BCUT2D eigenvalue weighted by Crippen LogP contribution is 2.31. The lowest BCUT2D eigenvalue weighted by Gasteiger charge is -2.16. The van der Waals surface area contributed by atoms with Crippen LogP contribution in [0.1, 0.15) is 0 Å². The highest BCUT2D eigenvalue weighted by atomic mass is 16.5. The molecule has 0 aliphatic rings. The summed E-state index contributed by atoms with van der Waals surface area (Å²) < 4.78 is 7.00. The molecule has 0 aliphatic carbocycles. The van der Waals surface area contributed by atoms with Gasteiger partial charge in [-0.05, 0) is 29.8 Å². The van der Waals surface area contributed by atoms with Crippen LogP contribution < -0.4 is 15.9 Å². The predicted octanol–water partition coefficient (Wildman–Crippen LogP) is 0.753. The summed E-state index contributed by atoms with van der Waals surface area (Å²) >= 11 is 0. The lowest BCUT2D eigenvalue weighted by molar-refractivity contribution is 0.403. The predicted molar refractivity (Wildman–Crippen MR) is 103 cm³/mol. The summed E-state index contributed by atoms with van der Waals surface area (Å²) in [6, 6.07) is 10.8. The molecule has 0 aliphatic heterocycles. The van der Waals surface area contributed by atoms with Gasteiger partial charge in [0, 0.05) is 34.9 Å². The zero-order valence-electron chi connectivity index (χ0n) is 14.4. The molecule has 0 unspecified atom stereocenters. The monoisotopic (exact) mass is 361 g/mol. The molecule has 4 rings (SSSR count). The Bertz CT molecular complexity index is 1120. The van der Waals surface area contributed by atoms with Crippen LogP contribution in [-0.2, 0) is 0 Å². The summed E-state index contributed by atoms with van der Waals surface area (Å²) in [5.74, 6) is 0.351. The summed E-state index contributed by atoms with van der Waals surface area (Å²) in [5, 5.41) is 32.6. The smallest absolute Gasteiger partial charge is 0.492 e.